The molecule has 1 aromatic heterocycles. The molecule has 5 aliphatic rings. The maximum atomic E-state index is 12.7. The van der Waals surface area contributed by atoms with Crippen molar-refractivity contribution in [3.05, 3.63) is 77.4 Å². The van der Waals surface area contributed by atoms with Crippen LogP contribution in [0.4, 0.5) is 22.9 Å². The highest BCUT2D eigenvalue weighted by Gasteiger charge is 2.51. The molecule has 4 bridgehead atoms. The molecule has 178 valence electrons. The first-order valence-corrected chi connectivity index (χ1v) is 13.4. The maximum Gasteiger partial charge on any atom is 0.318 e. The van der Waals surface area contributed by atoms with E-state index in [-0.39, 0.29) is 5.91 Å². The van der Waals surface area contributed by atoms with E-state index in [4.69, 9.17) is 11.6 Å². The Bertz CT molecular complexity index is 1270. The minimum absolute atomic E-state index is 0.125. The molecule has 4 saturated carbocycles. The number of benzene rings is 2. The van der Waals surface area contributed by atoms with Crippen molar-refractivity contribution >= 4 is 40.4 Å². The van der Waals surface area contributed by atoms with Gasteiger partial charge in [0.2, 0.25) is 0 Å². The second-order valence-electron chi connectivity index (χ2n) is 11.3. The molecule has 5 heteroatoms. The van der Waals surface area contributed by atoms with Gasteiger partial charge in [0.1, 0.15) is 12.2 Å². The van der Waals surface area contributed by atoms with Crippen LogP contribution in [0.1, 0.15) is 50.5 Å². The Morgan fingerprint density at radius 3 is 2.31 bits per heavy atom. The molecule has 3 aromatic rings. The number of fused-ring (bicyclic) bond motifs is 1. The summed E-state index contributed by atoms with van der Waals surface area (Å²) in [6.07, 6.45) is 10.9. The van der Waals surface area contributed by atoms with Gasteiger partial charge >= 0.3 is 5.91 Å². The average Bonchev–Trinajstić information content (AvgIpc) is 2.85. The number of halogens is 1. The summed E-state index contributed by atoms with van der Waals surface area (Å²) in [5.74, 6) is 3.81. The SMILES string of the molecule is O=C1CC[n+]2ccccc2N1c1ccc(Nc2ccc(C34CC5CC(CC(C5)C3)C4)cc2Cl)cc1. The Labute approximate surface area is 211 Å². The van der Waals surface area contributed by atoms with Gasteiger partial charge in [-0.1, -0.05) is 23.7 Å². The van der Waals surface area contributed by atoms with E-state index in [1.54, 1.807) is 4.90 Å². The monoisotopic (exact) mass is 484 g/mol. The number of hydrogen-bond donors (Lipinski definition) is 1. The molecule has 2 aromatic carbocycles. The molecule has 1 amide bonds. The van der Waals surface area contributed by atoms with Gasteiger partial charge in [0.25, 0.3) is 5.82 Å². The lowest BCUT2D eigenvalue weighted by Crippen LogP contribution is -2.48. The maximum absolute atomic E-state index is 12.7. The summed E-state index contributed by atoms with van der Waals surface area (Å²) in [5, 5.41) is 4.28. The third kappa shape index (κ3) is 3.65. The van der Waals surface area contributed by atoms with E-state index >= 15 is 0 Å². The minimum Gasteiger partial charge on any atom is -0.354 e. The van der Waals surface area contributed by atoms with Gasteiger partial charge in [-0.3, -0.25) is 0 Å². The Morgan fingerprint density at radius 1 is 0.914 bits per heavy atom. The fourth-order valence-electron chi connectivity index (χ4n) is 7.85. The first-order valence-electron chi connectivity index (χ1n) is 13.0. The minimum atomic E-state index is 0.125. The van der Waals surface area contributed by atoms with E-state index in [0.29, 0.717) is 11.8 Å². The van der Waals surface area contributed by atoms with Crippen molar-refractivity contribution in [2.75, 3.05) is 10.2 Å². The summed E-state index contributed by atoms with van der Waals surface area (Å²) < 4.78 is 2.12. The molecule has 0 radical (unpaired) electrons. The summed E-state index contributed by atoms with van der Waals surface area (Å²) in [4.78, 5) is 14.5. The molecule has 4 aliphatic carbocycles. The van der Waals surface area contributed by atoms with Crippen LogP contribution in [0.25, 0.3) is 0 Å². The van der Waals surface area contributed by atoms with Crippen LogP contribution in [0.3, 0.4) is 0 Å². The van der Waals surface area contributed by atoms with Crippen LogP contribution in [0.2, 0.25) is 5.02 Å². The van der Waals surface area contributed by atoms with Gasteiger partial charge < -0.3 is 5.32 Å². The predicted molar refractivity (Wildman–Crippen MR) is 139 cm³/mol. The molecule has 4 fully saturated rings. The van der Waals surface area contributed by atoms with Crippen LogP contribution in [-0.2, 0) is 16.8 Å². The lowest BCUT2D eigenvalue weighted by atomic mass is 9.48. The van der Waals surface area contributed by atoms with E-state index in [9.17, 15) is 4.79 Å². The third-order valence-corrected chi connectivity index (χ3v) is 9.30. The van der Waals surface area contributed by atoms with Crippen molar-refractivity contribution in [1.29, 1.82) is 0 Å². The van der Waals surface area contributed by atoms with Crippen LogP contribution in [0.5, 0.6) is 0 Å². The highest BCUT2D eigenvalue weighted by Crippen LogP contribution is 2.61. The smallest absolute Gasteiger partial charge is 0.318 e. The fourth-order valence-corrected chi connectivity index (χ4v) is 8.08. The Balaban J connectivity index is 1.11. The van der Waals surface area contributed by atoms with E-state index in [1.165, 1.54) is 44.1 Å². The molecule has 1 N–H and O–H groups in total. The zero-order chi connectivity index (χ0) is 23.6. The van der Waals surface area contributed by atoms with Gasteiger partial charge in [-0.15, -0.1) is 0 Å². The van der Waals surface area contributed by atoms with Crippen LogP contribution in [0.15, 0.2) is 66.9 Å². The number of aryl methyl sites for hydroxylation is 1. The summed E-state index contributed by atoms with van der Waals surface area (Å²) in [6.45, 7) is 0.725. The predicted octanol–water partition coefficient (Wildman–Crippen LogP) is 6.91. The molecular weight excluding hydrogens is 454 g/mol. The van der Waals surface area contributed by atoms with Crippen molar-refractivity contribution < 1.29 is 9.36 Å². The average molecular weight is 485 g/mol. The fraction of sp³-hybridized carbons (Fsp3) is 0.400. The molecule has 2 heterocycles. The largest absolute Gasteiger partial charge is 0.354 e. The van der Waals surface area contributed by atoms with Gasteiger partial charge in [0.05, 0.1) is 23.3 Å². The molecule has 4 nitrogen and oxygen atoms in total. The second-order valence-corrected chi connectivity index (χ2v) is 11.7. The Morgan fingerprint density at radius 2 is 1.63 bits per heavy atom. The van der Waals surface area contributed by atoms with Gasteiger partial charge in [-0.2, -0.15) is 4.90 Å². The van der Waals surface area contributed by atoms with E-state index in [2.05, 4.69) is 28.1 Å². The van der Waals surface area contributed by atoms with E-state index in [0.717, 1.165) is 52.2 Å². The quantitative estimate of drug-likeness (QED) is 0.408. The first-order chi connectivity index (χ1) is 17.1. The number of carbonyl (C=O) groups is 1. The number of nitrogens with one attached hydrogen (secondary N) is 1. The molecule has 35 heavy (non-hydrogen) atoms. The summed E-state index contributed by atoms with van der Waals surface area (Å²) in [6, 6.07) is 20.7. The second kappa shape index (κ2) is 8.09. The molecule has 1 aliphatic heterocycles. The number of hydrogen-bond acceptors (Lipinski definition) is 2. The number of anilines is 4. The molecule has 0 unspecified atom stereocenters. The van der Waals surface area contributed by atoms with Crippen molar-refractivity contribution in [2.24, 2.45) is 17.8 Å². The van der Waals surface area contributed by atoms with Gasteiger partial charge in [0, 0.05) is 11.8 Å². The number of nitrogens with zero attached hydrogens (tertiary/aromatic N) is 2. The van der Waals surface area contributed by atoms with Gasteiger partial charge in [0.15, 0.2) is 0 Å². The topological polar surface area (TPSA) is 36.2 Å². The Hall–Kier alpha value is -2.85. The van der Waals surface area contributed by atoms with Crippen molar-refractivity contribution in [2.45, 2.75) is 56.9 Å². The first kappa shape index (κ1) is 21.4. The van der Waals surface area contributed by atoms with Gasteiger partial charge in [-0.25, -0.2) is 9.36 Å². The molecule has 8 rings (SSSR count). The van der Waals surface area contributed by atoms with Crippen LogP contribution >= 0.6 is 11.6 Å². The molecule has 0 spiro atoms. The van der Waals surface area contributed by atoms with E-state index < -0.39 is 0 Å². The molecular formula is C30H31ClN3O+. The van der Waals surface area contributed by atoms with Crippen molar-refractivity contribution in [3.63, 3.8) is 0 Å². The number of rotatable bonds is 4. The number of amides is 1. The molecule has 0 atom stereocenters. The van der Waals surface area contributed by atoms with Crippen LogP contribution < -0.4 is 14.8 Å². The lowest BCUT2D eigenvalue weighted by Gasteiger charge is -2.57. The van der Waals surface area contributed by atoms with Crippen molar-refractivity contribution in [1.82, 2.24) is 0 Å². The van der Waals surface area contributed by atoms with E-state index in [1.807, 2.05) is 48.7 Å². The lowest BCUT2D eigenvalue weighted by molar-refractivity contribution is -0.685. The number of carbonyl (C=O) groups excluding carboxylic acids is 1. The number of pyridine rings is 1. The standard InChI is InChI=1S/C30H31ClN3O/c31-26-16-23(30-17-20-13-21(18-30)15-22(14-20)19-30)4-9-27(26)32-24-5-7-25(8-6-24)34-28-3-1-2-11-33(28)12-10-29(34)35/h1-9,11,16,20-22,32H,10,12-15,17-19H2/q+1. The third-order valence-electron chi connectivity index (χ3n) is 8.99. The zero-order valence-corrected chi connectivity index (χ0v) is 20.7. The van der Waals surface area contributed by atoms with Gasteiger partial charge in [-0.05, 0) is 110 Å². The number of aromatic nitrogens is 1. The zero-order valence-electron chi connectivity index (χ0n) is 19.9. The highest BCUT2D eigenvalue weighted by molar-refractivity contribution is 6.33. The molecule has 0 saturated heterocycles. The summed E-state index contributed by atoms with van der Waals surface area (Å²) in [5.41, 5.74) is 4.57. The highest BCUT2D eigenvalue weighted by atomic mass is 35.5. The van der Waals surface area contributed by atoms with Crippen LogP contribution in [-0.4, -0.2) is 5.91 Å². The summed E-state index contributed by atoms with van der Waals surface area (Å²) >= 11 is 6.83. The van der Waals surface area contributed by atoms with Crippen molar-refractivity contribution in [3.8, 4) is 0 Å². The van der Waals surface area contributed by atoms with Crippen LogP contribution in [0, 0.1) is 17.8 Å². The normalized spacial score (nSPS) is 28.8. The Kier molecular flexibility index (Phi) is 4.96. The summed E-state index contributed by atoms with van der Waals surface area (Å²) in [7, 11) is 0.